The molecule has 0 heterocycles. The molecule has 0 spiro atoms. The molecule has 0 atom stereocenters. The Morgan fingerprint density at radius 2 is 1.35 bits per heavy atom. The summed E-state index contributed by atoms with van der Waals surface area (Å²) in [4.78, 5) is 0. The van der Waals surface area contributed by atoms with E-state index < -0.39 is 0 Å². The van der Waals surface area contributed by atoms with Crippen molar-refractivity contribution in [2.24, 2.45) is 0 Å². The Balaban J connectivity index is 1.86. The van der Waals surface area contributed by atoms with Gasteiger partial charge >= 0.3 is 0 Å². The number of rotatable bonds is 14. The van der Waals surface area contributed by atoms with E-state index in [1.54, 1.807) is 0 Å². The lowest BCUT2D eigenvalue weighted by atomic mass is 10.0. The number of nitrogens with zero attached hydrogens (tertiary/aromatic N) is 2. The van der Waals surface area contributed by atoms with Crippen molar-refractivity contribution in [3.63, 3.8) is 0 Å². The minimum Gasteiger partial charge on any atom is -0.494 e. The molecule has 4 heteroatoms. The Hall–Kier alpha value is -3.24. The highest BCUT2D eigenvalue weighted by molar-refractivity contribution is 5.89. The summed E-state index contributed by atoms with van der Waals surface area (Å²) < 4.78 is 11.5. The summed E-state index contributed by atoms with van der Waals surface area (Å²) in [6, 6.07) is 19.9. The molecule has 0 unspecified atom stereocenters. The number of hydrogen-bond donors (Lipinski definition) is 0. The minimum absolute atomic E-state index is 0.608. The first-order valence-electron chi connectivity index (χ1n) is 11.2. The molecule has 2 rings (SSSR count). The van der Waals surface area contributed by atoms with Crippen LogP contribution in [-0.2, 0) is 0 Å². The van der Waals surface area contributed by atoms with Gasteiger partial charge in [0.2, 0.25) is 0 Å². The molecule has 31 heavy (non-hydrogen) atoms. The van der Waals surface area contributed by atoms with Gasteiger partial charge in [0, 0.05) is 6.42 Å². The van der Waals surface area contributed by atoms with E-state index in [1.165, 1.54) is 19.3 Å². The summed E-state index contributed by atoms with van der Waals surface area (Å²) in [6.45, 7) is 3.58. The standard InChI is InChI=1S/C27H32N2O2/c1-2-3-4-8-19-31-27-16-12-24(13-17-27)25(22-29)21-23-10-14-26(15-11-23)30-20-9-6-5-7-18-28/h10-17,21H,2-9,19-20H2,1H3/b25-21+. The zero-order valence-corrected chi connectivity index (χ0v) is 18.5. The number of unbranched alkanes of at least 4 members (excludes halogenated alkanes) is 6. The molecule has 2 aromatic carbocycles. The first-order chi connectivity index (χ1) is 15.3. The van der Waals surface area contributed by atoms with E-state index in [-0.39, 0.29) is 0 Å². The normalized spacial score (nSPS) is 10.9. The average molecular weight is 417 g/mol. The van der Waals surface area contributed by atoms with Crippen molar-refractivity contribution >= 4 is 11.6 Å². The molecule has 0 N–H and O–H groups in total. The Morgan fingerprint density at radius 3 is 1.90 bits per heavy atom. The third kappa shape index (κ3) is 9.41. The van der Waals surface area contributed by atoms with E-state index in [4.69, 9.17) is 14.7 Å². The number of allylic oxidation sites excluding steroid dienone is 1. The highest BCUT2D eigenvalue weighted by atomic mass is 16.5. The zero-order valence-electron chi connectivity index (χ0n) is 18.5. The summed E-state index contributed by atoms with van der Waals surface area (Å²) >= 11 is 0. The van der Waals surface area contributed by atoms with Crippen LogP contribution in [0.5, 0.6) is 11.5 Å². The van der Waals surface area contributed by atoms with Crippen LogP contribution in [-0.4, -0.2) is 13.2 Å². The van der Waals surface area contributed by atoms with Crippen molar-refractivity contribution in [3.8, 4) is 23.6 Å². The predicted octanol–water partition coefficient (Wildman–Crippen LogP) is 7.17. The van der Waals surface area contributed by atoms with Crippen LogP contribution in [0.4, 0.5) is 0 Å². The van der Waals surface area contributed by atoms with Gasteiger partial charge in [-0.25, -0.2) is 0 Å². The molecular weight excluding hydrogens is 384 g/mol. The predicted molar refractivity (Wildman–Crippen MR) is 126 cm³/mol. The maximum Gasteiger partial charge on any atom is 0.119 e. The van der Waals surface area contributed by atoms with E-state index in [0.717, 1.165) is 54.9 Å². The fourth-order valence-corrected chi connectivity index (χ4v) is 3.13. The second kappa shape index (κ2) is 14.7. The van der Waals surface area contributed by atoms with E-state index >= 15 is 0 Å². The van der Waals surface area contributed by atoms with Gasteiger partial charge in [-0.2, -0.15) is 10.5 Å². The van der Waals surface area contributed by atoms with Crippen LogP contribution in [0, 0.1) is 22.7 Å². The van der Waals surface area contributed by atoms with E-state index in [0.29, 0.717) is 18.6 Å². The molecule has 0 saturated carbocycles. The fraction of sp³-hybridized carbons (Fsp3) is 0.407. The van der Waals surface area contributed by atoms with Gasteiger partial charge in [-0.05, 0) is 79.3 Å². The van der Waals surface area contributed by atoms with Crippen LogP contribution in [0.3, 0.4) is 0 Å². The molecule has 0 aliphatic carbocycles. The maximum atomic E-state index is 9.60. The highest BCUT2D eigenvalue weighted by Crippen LogP contribution is 2.22. The monoisotopic (exact) mass is 416 g/mol. The number of nitriles is 2. The Bertz CT molecular complexity index is 871. The molecule has 0 radical (unpaired) electrons. The van der Waals surface area contributed by atoms with Gasteiger partial charge in [-0.3, -0.25) is 0 Å². The summed E-state index contributed by atoms with van der Waals surface area (Å²) in [5, 5.41) is 18.1. The van der Waals surface area contributed by atoms with Crippen molar-refractivity contribution < 1.29 is 9.47 Å². The van der Waals surface area contributed by atoms with Gasteiger partial charge < -0.3 is 9.47 Å². The lowest BCUT2D eigenvalue weighted by molar-refractivity contribution is 0.305. The van der Waals surface area contributed by atoms with Crippen LogP contribution in [0.1, 0.15) is 69.4 Å². The third-order valence-corrected chi connectivity index (χ3v) is 4.95. The summed E-state index contributed by atoms with van der Waals surface area (Å²) in [5.74, 6) is 1.66. The smallest absolute Gasteiger partial charge is 0.119 e. The summed E-state index contributed by atoms with van der Waals surface area (Å²) in [5.41, 5.74) is 2.44. The largest absolute Gasteiger partial charge is 0.494 e. The average Bonchev–Trinajstić information content (AvgIpc) is 2.81. The van der Waals surface area contributed by atoms with Crippen LogP contribution < -0.4 is 9.47 Å². The quantitative estimate of drug-likeness (QED) is 0.186. The van der Waals surface area contributed by atoms with Crippen molar-refractivity contribution in [3.05, 3.63) is 59.7 Å². The molecule has 2 aromatic rings. The highest BCUT2D eigenvalue weighted by Gasteiger charge is 2.03. The zero-order chi connectivity index (χ0) is 22.2. The molecule has 0 aromatic heterocycles. The second-order valence-electron chi connectivity index (χ2n) is 7.49. The molecule has 0 aliphatic rings. The van der Waals surface area contributed by atoms with Crippen LogP contribution >= 0.6 is 0 Å². The molecule has 0 bridgehead atoms. The van der Waals surface area contributed by atoms with Gasteiger partial charge in [0.15, 0.2) is 0 Å². The van der Waals surface area contributed by atoms with E-state index in [1.807, 2.05) is 54.6 Å². The Kier molecular flexibility index (Phi) is 11.4. The van der Waals surface area contributed by atoms with Gasteiger partial charge in [0.05, 0.1) is 30.9 Å². The first kappa shape index (κ1) is 24.0. The minimum atomic E-state index is 0.608. The van der Waals surface area contributed by atoms with Crippen molar-refractivity contribution in [1.82, 2.24) is 0 Å². The van der Waals surface area contributed by atoms with Crippen LogP contribution in [0.2, 0.25) is 0 Å². The van der Waals surface area contributed by atoms with Gasteiger partial charge in [-0.1, -0.05) is 38.3 Å². The number of hydrogen-bond acceptors (Lipinski definition) is 4. The van der Waals surface area contributed by atoms with Crippen molar-refractivity contribution in [2.45, 2.75) is 58.3 Å². The Labute approximate surface area is 186 Å². The molecule has 0 fully saturated rings. The first-order valence-corrected chi connectivity index (χ1v) is 11.2. The van der Waals surface area contributed by atoms with Crippen LogP contribution in [0.25, 0.3) is 11.6 Å². The summed E-state index contributed by atoms with van der Waals surface area (Å²) in [7, 11) is 0. The molecule has 0 saturated heterocycles. The van der Waals surface area contributed by atoms with Crippen LogP contribution in [0.15, 0.2) is 48.5 Å². The molecule has 0 amide bonds. The topological polar surface area (TPSA) is 66.0 Å². The number of benzene rings is 2. The van der Waals surface area contributed by atoms with Crippen molar-refractivity contribution in [2.75, 3.05) is 13.2 Å². The lowest BCUT2D eigenvalue weighted by Gasteiger charge is -2.07. The fourth-order valence-electron chi connectivity index (χ4n) is 3.13. The van der Waals surface area contributed by atoms with Crippen molar-refractivity contribution in [1.29, 1.82) is 10.5 Å². The molecular formula is C27H32N2O2. The summed E-state index contributed by atoms with van der Waals surface area (Å²) in [6.07, 6.45) is 10.1. The van der Waals surface area contributed by atoms with Gasteiger partial charge in [-0.15, -0.1) is 0 Å². The molecule has 0 aliphatic heterocycles. The SMILES string of the molecule is CCCCCCOc1ccc(/C(C#N)=C/c2ccc(OCCCCCC#N)cc2)cc1. The molecule has 4 nitrogen and oxygen atoms in total. The Morgan fingerprint density at radius 1 is 0.774 bits per heavy atom. The van der Waals surface area contributed by atoms with E-state index in [9.17, 15) is 5.26 Å². The van der Waals surface area contributed by atoms with E-state index in [2.05, 4.69) is 19.1 Å². The third-order valence-electron chi connectivity index (χ3n) is 4.95. The second-order valence-corrected chi connectivity index (χ2v) is 7.49. The lowest BCUT2D eigenvalue weighted by Crippen LogP contribution is -1.97. The molecule has 162 valence electrons. The van der Waals surface area contributed by atoms with Gasteiger partial charge in [0.1, 0.15) is 11.5 Å². The van der Waals surface area contributed by atoms with Gasteiger partial charge in [0.25, 0.3) is 0 Å². The maximum absolute atomic E-state index is 9.60. The number of ether oxygens (including phenoxy) is 2.